The molecule has 6 fully saturated rings. The molecule has 5 saturated heterocycles. The highest BCUT2D eigenvalue weighted by atomic mass is 15.5. The molecule has 8 heteroatoms. The number of piperidine rings is 1. The first kappa shape index (κ1) is 47.6. The van der Waals surface area contributed by atoms with E-state index < -0.39 is 0 Å². The van der Waals surface area contributed by atoms with Crippen molar-refractivity contribution < 1.29 is 0 Å². The molecule has 0 amide bonds. The minimum Gasteiger partial charge on any atom is -0.369 e. The largest absolute Gasteiger partial charge is 0.369 e. The summed E-state index contributed by atoms with van der Waals surface area (Å²) in [4.78, 5) is 15.3. The minimum atomic E-state index is 0.385. The lowest BCUT2D eigenvalue weighted by atomic mass is 9.89. The van der Waals surface area contributed by atoms with Crippen LogP contribution < -0.4 is 15.6 Å². The molecule has 0 bridgehead atoms. The maximum absolute atomic E-state index is 5.98. The number of benzene rings is 3. The average Bonchev–Trinajstić information content (AvgIpc) is 4.06. The molecule has 9 rings (SSSR count). The Morgan fingerprint density at radius 2 is 1.23 bits per heavy atom. The highest BCUT2D eigenvalue weighted by Gasteiger charge is 2.33. The number of hydrazine groups is 1. The van der Waals surface area contributed by atoms with E-state index in [0.29, 0.717) is 18.1 Å². The molecule has 1 saturated carbocycles. The molecule has 62 heavy (non-hydrogen) atoms. The van der Waals surface area contributed by atoms with Gasteiger partial charge in [-0.2, -0.15) is 0 Å². The van der Waals surface area contributed by atoms with Gasteiger partial charge >= 0.3 is 0 Å². The first-order valence-electron chi connectivity index (χ1n) is 24.3. The Morgan fingerprint density at radius 1 is 0.645 bits per heavy atom. The molecule has 8 nitrogen and oxygen atoms in total. The second-order valence-electron chi connectivity index (χ2n) is 18.7. The second-order valence-corrected chi connectivity index (χ2v) is 18.7. The number of anilines is 2. The van der Waals surface area contributed by atoms with Crippen LogP contribution in [0.25, 0.3) is 0 Å². The molecule has 1 aliphatic carbocycles. The van der Waals surface area contributed by atoms with Crippen molar-refractivity contribution in [3.8, 4) is 0 Å². The predicted octanol–water partition coefficient (Wildman–Crippen LogP) is 9.43. The summed E-state index contributed by atoms with van der Waals surface area (Å²) >= 11 is 0. The van der Waals surface area contributed by atoms with Crippen LogP contribution in [0.3, 0.4) is 0 Å². The van der Waals surface area contributed by atoms with Crippen LogP contribution in [0.5, 0.6) is 0 Å². The summed E-state index contributed by atoms with van der Waals surface area (Å²) in [6.45, 7) is 31.1. The van der Waals surface area contributed by atoms with E-state index in [1.807, 2.05) is 11.1 Å². The van der Waals surface area contributed by atoms with E-state index >= 15 is 0 Å². The molecule has 4 atom stereocenters. The van der Waals surface area contributed by atoms with Gasteiger partial charge in [0.2, 0.25) is 0 Å². The van der Waals surface area contributed by atoms with Crippen molar-refractivity contribution in [3.05, 3.63) is 133 Å². The van der Waals surface area contributed by atoms with Gasteiger partial charge in [0.1, 0.15) is 0 Å². The van der Waals surface area contributed by atoms with E-state index in [2.05, 4.69) is 175 Å². The van der Waals surface area contributed by atoms with Crippen molar-refractivity contribution in [2.24, 2.45) is 5.84 Å². The zero-order valence-electron chi connectivity index (χ0n) is 39.5. The number of hydrogen-bond acceptors (Lipinski definition) is 8. The monoisotopic (exact) mass is 843 g/mol. The molecule has 2 N–H and O–H groups in total. The first-order valence-corrected chi connectivity index (χ1v) is 24.3. The summed E-state index contributed by atoms with van der Waals surface area (Å²) in [6.07, 6.45) is 16.4. The topological polar surface area (TPSA) is 48.7 Å². The van der Waals surface area contributed by atoms with Gasteiger partial charge in [0.15, 0.2) is 0 Å². The first-order chi connectivity index (χ1) is 30.2. The summed E-state index contributed by atoms with van der Waals surface area (Å²) in [6, 6.07) is 33.9. The number of rotatable bonds is 8. The Kier molecular flexibility index (Phi) is 18.6. The number of para-hydroxylation sites is 2. The van der Waals surface area contributed by atoms with Crippen LogP contribution in [0.4, 0.5) is 11.4 Å². The van der Waals surface area contributed by atoms with E-state index in [1.165, 1.54) is 114 Å². The standard InChI is InChI=1S/C15H21N.C13H23N3.C13H18N2.C13H20N2/c1-12-2-4-13(5-3-12)14-8-10-16(11-9-14)15-6-7-15;1-5-7-8-13(6-2)15-9-11(3)16(14)12(4)10-15;1-2-5-12(6-3-1)15-10-9-14-8-4-7-13(14)11-15;1-3-14-9-10-15(11-12(14)2)13-7-5-4-6-8-13/h2-5,14-15H,6-11H2,1H3;5-8,11-12H,1,9-10,14H2,2-4H3;1-3,5-6,13H,4,7-11H2;4-8,12H,3,9-11H2,1-2H3/b;8-7-,13-6+;;. The van der Waals surface area contributed by atoms with Gasteiger partial charge in [-0.3, -0.25) is 15.6 Å². The third-order valence-corrected chi connectivity index (χ3v) is 14.2. The maximum atomic E-state index is 5.98. The van der Waals surface area contributed by atoms with E-state index in [4.69, 9.17) is 5.84 Å². The van der Waals surface area contributed by atoms with E-state index in [-0.39, 0.29) is 0 Å². The lowest BCUT2D eigenvalue weighted by Gasteiger charge is -2.43. The van der Waals surface area contributed by atoms with Gasteiger partial charge in [-0.15, -0.1) is 0 Å². The SMILES string of the molecule is C=C/C=C\C(=C/C)N1CC(C)N(N)C(C)C1.CCN1CCN(c2ccccc2)CC1C.Cc1ccc(C2CCN(C3CC3)CC2)cc1.c1ccc(N2CCN3CCCC3C2)cc1. The van der Waals surface area contributed by atoms with Crippen molar-refractivity contribution in [1.82, 2.24) is 24.6 Å². The van der Waals surface area contributed by atoms with E-state index in [0.717, 1.165) is 44.2 Å². The fraction of sp³-hybridized carbons (Fsp3) is 0.556. The third-order valence-electron chi connectivity index (χ3n) is 14.2. The molecular formula is C54H82N8. The Labute approximate surface area is 377 Å². The van der Waals surface area contributed by atoms with Gasteiger partial charge in [-0.05, 0) is 141 Å². The van der Waals surface area contributed by atoms with Crippen LogP contribution in [0, 0.1) is 6.92 Å². The summed E-state index contributed by atoms with van der Waals surface area (Å²) in [5.41, 5.74) is 6.93. The molecule has 6 aliphatic rings. The zero-order chi connectivity index (χ0) is 43.8. The number of hydrogen-bond donors (Lipinski definition) is 1. The molecular weight excluding hydrogens is 761 g/mol. The number of likely N-dealkylation sites (N-methyl/N-ethyl adjacent to an activating group) is 1. The van der Waals surface area contributed by atoms with Crippen LogP contribution in [0.1, 0.15) is 90.2 Å². The van der Waals surface area contributed by atoms with Crippen molar-refractivity contribution in [3.63, 3.8) is 0 Å². The Balaban J connectivity index is 0.000000138. The Hall–Kier alpha value is -3.92. The third kappa shape index (κ3) is 13.8. The van der Waals surface area contributed by atoms with Crippen LogP contribution in [0.2, 0.25) is 0 Å². The van der Waals surface area contributed by atoms with Gasteiger partial charge in [0.05, 0.1) is 0 Å². The highest BCUT2D eigenvalue weighted by molar-refractivity contribution is 5.47. The average molecular weight is 843 g/mol. The summed E-state index contributed by atoms with van der Waals surface area (Å²) in [5, 5.41) is 1.95. The number of nitrogens with two attached hydrogens (primary N) is 1. The summed E-state index contributed by atoms with van der Waals surface area (Å²) < 4.78 is 0. The zero-order valence-corrected chi connectivity index (χ0v) is 39.5. The van der Waals surface area contributed by atoms with Gasteiger partial charge in [0, 0.05) is 99.6 Å². The normalized spacial score (nSPS) is 25.5. The fourth-order valence-electron chi connectivity index (χ4n) is 10.2. The van der Waals surface area contributed by atoms with Crippen LogP contribution in [-0.2, 0) is 0 Å². The highest BCUT2D eigenvalue weighted by Crippen LogP contribution is 2.34. The predicted molar refractivity (Wildman–Crippen MR) is 266 cm³/mol. The van der Waals surface area contributed by atoms with Crippen molar-refractivity contribution >= 4 is 11.4 Å². The van der Waals surface area contributed by atoms with Crippen LogP contribution >= 0.6 is 0 Å². The Bertz CT molecular complexity index is 1770. The smallest absolute Gasteiger partial charge is 0.0392 e. The van der Waals surface area contributed by atoms with Crippen LogP contribution in [-0.4, -0.2) is 133 Å². The molecule has 3 aromatic carbocycles. The molecule has 338 valence electrons. The second kappa shape index (κ2) is 24.2. The lowest BCUT2D eigenvalue weighted by molar-refractivity contribution is 0.0579. The summed E-state index contributed by atoms with van der Waals surface area (Å²) in [7, 11) is 0. The number of likely N-dealkylation sites (tertiary alicyclic amines) is 1. The van der Waals surface area contributed by atoms with E-state index in [1.54, 1.807) is 11.6 Å². The fourth-order valence-corrected chi connectivity index (χ4v) is 10.2. The summed E-state index contributed by atoms with van der Waals surface area (Å²) in [5.74, 6) is 6.79. The van der Waals surface area contributed by atoms with Crippen molar-refractivity contribution in [1.29, 1.82) is 0 Å². The number of aryl methyl sites for hydroxylation is 1. The number of allylic oxidation sites excluding steroid dienone is 4. The number of nitrogens with zero attached hydrogens (tertiary/aromatic N) is 7. The van der Waals surface area contributed by atoms with Crippen molar-refractivity contribution in [2.75, 3.05) is 88.3 Å². The molecule has 5 aliphatic heterocycles. The van der Waals surface area contributed by atoms with Gasteiger partial charge < -0.3 is 19.6 Å². The van der Waals surface area contributed by atoms with Gasteiger partial charge in [0.25, 0.3) is 0 Å². The van der Waals surface area contributed by atoms with Crippen LogP contribution in [0.15, 0.2) is 122 Å². The minimum absolute atomic E-state index is 0.385. The number of fused-ring (bicyclic) bond motifs is 1. The number of piperazine rings is 3. The molecule has 3 aromatic rings. The molecule has 5 heterocycles. The van der Waals surface area contributed by atoms with Crippen molar-refractivity contribution in [2.45, 2.75) is 116 Å². The quantitative estimate of drug-likeness (QED) is 0.178. The van der Waals surface area contributed by atoms with E-state index in [9.17, 15) is 0 Å². The molecule has 0 spiro atoms. The maximum Gasteiger partial charge on any atom is 0.0392 e. The molecule has 0 radical (unpaired) electrons. The molecule has 4 unspecified atom stereocenters. The Morgan fingerprint density at radius 3 is 1.77 bits per heavy atom. The molecule has 0 aromatic heterocycles. The lowest BCUT2D eigenvalue weighted by Crippen LogP contribution is -2.58. The van der Waals surface area contributed by atoms with Gasteiger partial charge in [-0.25, -0.2) is 5.01 Å². The van der Waals surface area contributed by atoms with Gasteiger partial charge in [-0.1, -0.05) is 98.0 Å².